The normalized spacial score (nSPS) is 9.32. The average molecular weight is 260 g/mol. The van der Waals surface area contributed by atoms with Crippen LogP contribution in [0.5, 0.6) is 0 Å². The van der Waals surface area contributed by atoms with E-state index >= 15 is 0 Å². The lowest BCUT2D eigenvalue weighted by Crippen LogP contribution is -2.09. The van der Waals surface area contributed by atoms with Crippen LogP contribution in [0.25, 0.3) is 6.08 Å². The molecule has 19 heavy (non-hydrogen) atoms. The van der Waals surface area contributed by atoms with Crippen LogP contribution in [0, 0.1) is 12.8 Å². The molecule has 0 N–H and O–H groups in total. The van der Waals surface area contributed by atoms with Crippen molar-refractivity contribution in [1.82, 2.24) is 0 Å². The lowest BCUT2D eigenvalue weighted by atomic mass is 10.2. The molecule has 2 nitrogen and oxygen atoms in total. The summed E-state index contributed by atoms with van der Waals surface area (Å²) < 4.78 is 4.83. The Morgan fingerprint density at radius 1 is 1.32 bits per heavy atom. The quantitative estimate of drug-likeness (QED) is 0.592. The van der Waals surface area contributed by atoms with Gasteiger partial charge in [-0.15, -0.1) is 0 Å². The zero-order valence-electron chi connectivity index (χ0n) is 12.4. The van der Waals surface area contributed by atoms with Gasteiger partial charge in [-0.05, 0) is 25.3 Å². The van der Waals surface area contributed by atoms with Gasteiger partial charge in [0, 0.05) is 5.57 Å². The number of hydrogen-bond acceptors (Lipinski definition) is 2. The van der Waals surface area contributed by atoms with E-state index in [0.717, 1.165) is 0 Å². The molecule has 0 spiro atoms. The molecule has 0 aliphatic rings. The first-order chi connectivity index (χ1) is 8.86. The van der Waals surface area contributed by atoms with Crippen LogP contribution in [0.15, 0.2) is 43.0 Å². The molecule has 0 aliphatic heterocycles. The number of aryl methyl sites for hydroxylation is 1. The van der Waals surface area contributed by atoms with Crippen LogP contribution < -0.4 is 0 Å². The van der Waals surface area contributed by atoms with Gasteiger partial charge in [0.2, 0.25) is 0 Å². The van der Waals surface area contributed by atoms with Crippen molar-refractivity contribution < 1.29 is 9.53 Å². The van der Waals surface area contributed by atoms with E-state index in [1.165, 1.54) is 11.1 Å². The van der Waals surface area contributed by atoms with E-state index in [2.05, 4.69) is 44.3 Å². The van der Waals surface area contributed by atoms with Gasteiger partial charge in [0.25, 0.3) is 0 Å². The van der Waals surface area contributed by atoms with Crippen LogP contribution in [-0.4, -0.2) is 12.6 Å². The van der Waals surface area contributed by atoms with Crippen molar-refractivity contribution in [2.75, 3.05) is 6.61 Å². The second-order valence-electron chi connectivity index (χ2n) is 4.89. The maximum Gasteiger partial charge on any atom is 0.333 e. The molecular formula is C17H24O2. The highest BCUT2D eigenvalue weighted by atomic mass is 16.5. The van der Waals surface area contributed by atoms with Crippen molar-refractivity contribution in [2.24, 2.45) is 5.92 Å². The summed E-state index contributed by atoms with van der Waals surface area (Å²) in [7, 11) is 0. The molecule has 0 saturated heterocycles. The molecule has 2 heteroatoms. The first-order valence-electron chi connectivity index (χ1n) is 6.38. The number of rotatable bonds is 4. The maximum atomic E-state index is 10.7. The van der Waals surface area contributed by atoms with Crippen molar-refractivity contribution in [3.63, 3.8) is 0 Å². The van der Waals surface area contributed by atoms with Gasteiger partial charge in [-0.25, -0.2) is 4.79 Å². The fourth-order valence-electron chi connectivity index (χ4n) is 1.07. The average Bonchev–Trinajstić information content (AvgIpc) is 2.37. The molecule has 0 amide bonds. The van der Waals surface area contributed by atoms with Gasteiger partial charge < -0.3 is 4.74 Å². The van der Waals surface area contributed by atoms with Crippen molar-refractivity contribution in [2.45, 2.75) is 27.7 Å². The van der Waals surface area contributed by atoms with Gasteiger partial charge in [0.1, 0.15) is 0 Å². The number of carbonyl (C=O) groups excluding carboxylic acids is 1. The summed E-state index contributed by atoms with van der Waals surface area (Å²) in [4.78, 5) is 10.7. The molecule has 0 saturated carbocycles. The zero-order chi connectivity index (χ0) is 14.8. The number of hydrogen-bond donors (Lipinski definition) is 0. The minimum atomic E-state index is -0.297. The minimum absolute atomic E-state index is 0.297. The summed E-state index contributed by atoms with van der Waals surface area (Å²) in [6.07, 6.45) is 1.85. The summed E-state index contributed by atoms with van der Waals surface area (Å²) in [5.74, 6) is 0.0944. The third kappa shape index (κ3) is 8.83. The van der Waals surface area contributed by atoms with Gasteiger partial charge in [-0.2, -0.15) is 0 Å². The van der Waals surface area contributed by atoms with Crippen LogP contribution in [-0.2, 0) is 9.53 Å². The first-order valence-corrected chi connectivity index (χ1v) is 6.38. The molecule has 1 aromatic rings. The van der Waals surface area contributed by atoms with Crippen molar-refractivity contribution in [3.8, 4) is 0 Å². The highest BCUT2D eigenvalue weighted by molar-refractivity contribution is 5.86. The molecule has 104 valence electrons. The summed E-state index contributed by atoms with van der Waals surface area (Å²) >= 11 is 0. The molecule has 0 heterocycles. The summed E-state index contributed by atoms with van der Waals surface area (Å²) in [5, 5.41) is 0. The molecular weight excluding hydrogens is 236 g/mol. The summed E-state index contributed by atoms with van der Waals surface area (Å²) in [5.41, 5.74) is 2.93. The van der Waals surface area contributed by atoms with Crippen LogP contribution in [0.1, 0.15) is 31.9 Å². The molecule has 0 fully saturated rings. The lowest BCUT2D eigenvalue weighted by molar-refractivity contribution is -0.139. The van der Waals surface area contributed by atoms with E-state index in [1.54, 1.807) is 6.92 Å². The van der Waals surface area contributed by atoms with Crippen molar-refractivity contribution in [1.29, 1.82) is 0 Å². The maximum absolute atomic E-state index is 10.7. The Labute approximate surface area is 116 Å². The molecule has 0 unspecified atom stereocenters. The highest BCUT2D eigenvalue weighted by Crippen LogP contribution is 2.02. The summed E-state index contributed by atoms with van der Waals surface area (Å²) in [6.45, 7) is 15.3. The van der Waals surface area contributed by atoms with Gasteiger partial charge in [0.05, 0.1) is 6.61 Å². The largest absolute Gasteiger partial charge is 0.462 e. The SMILES string of the molecule is C=C(C)C(=O)OCC(C)C.C=Cc1ccc(C)cc1. The topological polar surface area (TPSA) is 26.3 Å². The monoisotopic (exact) mass is 260 g/mol. The molecule has 0 aromatic heterocycles. The lowest BCUT2D eigenvalue weighted by Gasteiger charge is -2.05. The molecule has 0 radical (unpaired) electrons. The first kappa shape index (κ1) is 17.2. The van der Waals surface area contributed by atoms with E-state index in [9.17, 15) is 4.79 Å². The Morgan fingerprint density at radius 2 is 1.84 bits per heavy atom. The minimum Gasteiger partial charge on any atom is -0.462 e. The highest BCUT2D eigenvalue weighted by Gasteiger charge is 2.03. The summed E-state index contributed by atoms with van der Waals surface area (Å²) in [6, 6.07) is 8.28. The van der Waals surface area contributed by atoms with Gasteiger partial charge in [0.15, 0.2) is 0 Å². The molecule has 1 rings (SSSR count). The van der Waals surface area contributed by atoms with Crippen molar-refractivity contribution >= 4 is 12.0 Å². The number of carbonyl (C=O) groups is 1. The van der Waals surface area contributed by atoms with Gasteiger partial charge in [-0.3, -0.25) is 0 Å². The predicted octanol–water partition coefficient (Wildman–Crippen LogP) is 4.40. The zero-order valence-corrected chi connectivity index (χ0v) is 12.4. The van der Waals surface area contributed by atoms with Crippen LogP contribution in [0.4, 0.5) is 0 Å². The third-order valence-corrected chi connectivity index (χ3v) is 2.21. The van der Waals surface area contributed by atoms with Crippen LogP contribution >= 0.6 is 0 Å². The predicted molar refractivity (Wildman–Crippen MR) is 81.9 cm³/mol. The fraction of sp³-hybridized carbons (Fsp3) is 0.353. The molecule has 0 bridgehead atoms. The Morgan fingerprint density at radius 3 is 2.21 bits per heavy atom. The molecule has 1 aromatic carbocycles. The Bertz CT molecular complexity index is 413. The smallest absolute Gasteiger partial charge is 0.333 e. The standard InChI is InChI=1S/C9H10.C8H14O2/c1-3-9-6-4-8(2)5-7-9;1-6(2)5-10-8(9)7(3)4/h3-7H,1H2,2H3;6H,3,5H2,1-2,4H3. The number of ether oxygens (including phenoxy) is 1. The van der Waals surface area contributed by atoms with E-state index in [4.69, 9.17) is 4.74 Å². The van der Waals surface area contributed by atoms with E-state index in [0.29, 0.717) is 18.1 Å². The second kappa shape index (κ2) is 9.15. The molecule has 0 atom stereocenters. The Kier molecular flexibility index (Phi) is 8.27. The Hall–Kier alpha value is -1.83. The number of benzene rings is 1. The van der Waals surface area contributed by atoms with Crippen LogP contribution in [0.3, 0.4) is 0 Å². The van der Waals surface area contributed by atoms with E-state index in [1.807, 2.05) is 19.9 Å². The second-order valence-corrected chi connectivity index (χ2v) is 4.89. The van der Waals surface area contributed by atoms with Crippen LogP contribution in [0.2, 0.25) is 0 Å². The number of esters is 1. The fourth-order valence-corrected chi connectivity index (χ4v) is 1.07. The van der Waals surface area contributed by atoms with Crippen molar-refractivity contribution in [3.05, 3.63) is 54.1 Å². The van der Waals surface area contributed by atoms with E-state index in [-0.39, 0.29) is 5.97 Å². The van der Waals surface area contributed by atoms with Gasteiger partial charge in [-0.1, -0.05) is 62.9 Å². The van der Waals surface area contributed by atoms with Gasteiger partial charge >= 0.3 is 5.97 Å². The molecule has 0 aliphatic carbocycles. The van der Waals surface area contributed by atoms with E-state index < -0.39 is 0 Å². The Balaban J connectivity index is 0.000000342. The third-order valence-electron chi connectivity index (χ3n) is 2.21.